The van der Waals surface area contributed by atoms with E-state index in [9.17, 15) is 9.36 Å². The van der Waals surface area contributed by atoms with Crippen LogP contribution >= 0.6 is 7.60 Å². The highest BCUT2D eigenvalue weighted by atomic mass is 31.2. The predicted molar refractivity (Wildman–Crippen MR) is 80.6 cm³/mol. The van der Waals surface area contributed by atoms with E-state index in [2.05, 4.69) is 0 Å². The maximum Gasteiger partial charge on any atom is 0.379 e. The molecule has 0 N–H and O–H groups in total. The SMILES string of the molecule is CCCCP(=O)(OCC(C)C)Oc1ccc(C=O)cc1. The van der Waals surface area contributed by atoms with Gasteiger partial charge in [0.15, 0.2) is 0 Å². The predicted octanol–water partition coefficient (Wildman–Crippen LogP) is 4.54. The molecule has 0 saturated heterocycles. The van der Waals surface area contributed by atoms with Crippen molar-refractivity contribution in [1.29, 1.82) is 0 Å². The van der Waals surface area contributed by atoms with Gasteiger partial charge in [-0.3, -0.25) is 9.32 Å². The van der Waals surface area contributed by atoms with Crippen molar-refractivity contribution in [3.8, 4) is 5.75 Å². The Morgan fingerprint density at radius 3 is 2.40 bits per heavy atom. The maximum atomic E-state index is 12.7. The first-order chi connectivity index (χ1) is 9.49. The van der Waals surface area contributed by atoms with Crippen molar-refractivity contribution in [3.63, 3.8) is 0 Å². The fourth-order valence-corrected chi connectivity index (χ4v) is 3.46. The van der Waals surface area contributed by atoms with Crippen molar-refractivity contribution < 1.29 is 18.4 Å². The zero-order valence-electron chi connectivity index (χ0n) is 12.4. The van der Waals surface area contributed by atoms with Crippen LogP contribution in [-0.2, 0) is 9.09 Å². The third-order valence-corrected chi connectivity index (χ3v) is 4.55. The lowest BCUT2D eigenvalue weighted by Gasteiger charge is -2.20. The lowest BCUT2D eigenvalue weighted by atomic mass is 10.2. The number of rotatable bonds is 9. The summed E-state index contributed by atoms with van der Waals surface area (Å²) >= 11 is 0. The number of benzene rings is 1. The normalized spacial score (nSPS) is 14.0. The Morgan fingerprint density at radius 2 is 1.90 bits per heavy atom. The van der Waals surface area contributed by atoms with E-state index in [4.69, 9.17) is 9.05 Å². The topological polar surface area (TPSA) is 52.6 Å². The summed E-state index contributed by atoms with van der Waals surface area (Å²) in [6, 6.07) is 6.55. The molecule has 0 bridgehead atoms. The molecule has 20 heavy (non-hydrogen) atoms. The van der Waals surface area contributed by atoms with Crippen LogP contribution in [0.25, 0.3) is 0 Å². The van der Waals surface area contributed by atoms with Gasteiger partial charge in [-0.25, -0.2) is 4.57 Å². The van der Waals surface area contributed by atoms with Crippen molar-refractivity contribution in [1.82, 2.24) is 0 Å². The van der Waals surface area contributed by atoms with E-state index >= 15 is 0 Å². The molecule has 0 aliphatic rings. The van der Waals surface area contributed by atoms with Crippen molar-refractivity contribution >= 4 is 13.9 Å². The maximum absolute atomic E-state index is 12.7. The van der Waals surface area contributed by atoms with E-state index in [1.807, 2.05) is 20.8 Å². The van der Waals surface area contributed by atoms with E-state index in [1.54, 1.807) is 24.3 Å². The molecule has 5 heteroatoms. The van der Waals surface area contributed by atoms with Gasteiger partial charge in [0, 0.05) is 5.56 Å². The molecule has 1 aromatic carbocycles. The first-order valence-corrected chi connectivity index (χ1v) is 8.70. The molecule has 0 aliphatic carbocycles. The van der Waals surface area contributed by atoms with Gasteiger partial charge in [0.2, 0.25) is 0 Å². The monoisotopic (exact) mass is 298 g/mol. The van der Waals surface area contributed by atoms with Crippen molar-refractivity contribution in [2.24, 2.45) is 5.92 Å². The highest BCUT2D eigenvalue weighted by Crippen LogP contribution is 2.49. The Bertz CT molecular complexity index is 453. The van der Waals surface area contributed by atoms with E-state index in [-0.39, 0.29) is 0 Å². The molecule has 1 rings (SSSR count). The van der Waals surface area contributed by atoms with Crippen LogP contribution in [0, 0.1) is 5.92 Å². The second kappa shape index (κ2) is 8.23. The standard InChI is InChI=1S/C15H23O4P/c1-4-5-10-20(17,18-12-13(2)3)19-15-8-6-14(11-16)7-9-15/h6-9,11,13H,4-5,10,12H2,1-3H3. The Balaban J connectivity index is 2.75. The number of unbranched alkanes of at least 4 members (excludes halogenated alkanes) is 1. The van der Waals surface area contributed by atoms with Gasteiger partial charge in [-0.15, -0.1) is 0 Å². The highest BCUT2D eigenvalue weighted by molar-refractivity contribution is 7.54. The molecular weight excluding hydrogens is 275 g/mol. The summed E-state index contributed by atoms with van der Waals surface area (Å²) in [6.07, 6.45) is 2.89. The smallest absolute Gasteiger partial charge is 0.379 e. The van der Waals surface area contributed by atoms with Gasteiger partial charge >= 0.3 is 7.60 Å². The van der Waals surface area contributed by atoms with Crippen LogP contribution in [0.1, 0.15) is 44.0 Å². The van der Waals surface area contributed by atoms with Crippen LogP contribution in [0.3, 0.4) is 0 Å². The van der Waals surface area contributed by atoms with Gasteiger partial charge in [0.1, 0.15) is 12.0 Å². The van der Waals surface area contributed by atoms with Crippen LogP contribution < -0.4 is 4.52 Å². The summed E-state index contributed by atoms with van der Waals surface area (Å²) in [5.74, 6) is 0.768. The second-order valence-corrected chi connectivity index (χ2v) is 7.27. The number of carbonyl (C=O) groups is 1. The highest BCUT2D eigenvalue weighted by Gasteiger charge is 2.25. The average molecular weight is 298 g/mol. The Morgan fingerprint density at radius 1 is 1.25 bits per heavy atom. The summed E-state index contributed by atoms with van der Waals surface area (Å²) in [4.78, 5) is 10.6. The van der Waals surface area contributed by atoms with Crippen LogP contribution in [0.5, 0.6) is 5.75 Å². The van der Waals surface area contributed by atoms with E-state index < -0.39 is 7.60 Å². The molecule has 1 unspecified atom stereocenters. The minimum absolute atomic E-state index is 0.297. The minimum atomic E-state index is -3.12. The van der Waals surface area contributed by atoms with Gasteiger partial charge in [-0.2, -0.15) is 0 Å². The third-order valence-electron chi connectivity index (χ3n) is 2.65. The molecule has 0 aliphatic heterocycles. The largest absolute Gasteiger partial charge is 0.424 e. The van der Waals surface area contributed by atoms with E-state index in [0.717, 1.165) is 19.1 Å². The summed E-state index contributed by atoms with van der Waals surface area (Å²) in [5, 5.41) is 0. The first kappa shape index (κ1) is 16.9. The van der Waals surface area contributed by atoms with Gasteiger partial charge < -0.3 is 4.52 Å². The zero-order chi connectivity index (χ0) is 15.0. The number of carbonyl (C=O) groups excluding carboxylic acids is 1. The quantitative estimate of drug-likeness (QED) is 0.496. The van der Waals surface area contributed by atoms with Gasteiger partial charge in [-0.05, 0) is 36.6 Å². The molecule has 1 aromatic rings. The van der Waals surface area contributed by atoms with E-state index in [0.29, 0.717) is 30.0 Å². The fraction of sp³-hybridized carbons (Fsp3) is 0.533. The minimum Gasteiger partial charge on any atom is -0.424 e. The lowest BCUT2D eigenvalue weighted by Crippen LogP contribution is -2.07. The Hall–Kier alpha value is -1.12. The van der Waals surface area contributed by atoms with Crippen molar-refractivity contribution in [2.45, 2.75) is 33.6 Å². The van der Waals surface area contributed by atoms with Gasteiger partial charge in [-0.1, -0.05) is 27.2 Å². The molecule has 0 spiro atoms. The third kappa shape index (κ3) is 5.89. The number of hydrogen-bond acceptors (Lipinski definition) is 4. The summed E-state index contributed by atoms with van der Waals surface area (Å²) in [6.45, 7) is 6.45. The van der Waals surface area contributed by atoms with Crippen LogP contribution in [0.15, 0.2) is 24.3 Å². The van der Waals surface area contributed by atoms with Crippen LogP contribution in [0.4, 0.5) is 0 Å². The zero-order valence-corrected chi connectivity index (χ0v) is 13.3. The molecule has 112 valence electrons. The molecule has 0 aromatic heterocycles. The van der Waals surface area contributed by atoms with Crippen molar-refractivity contribution in [2.75, 3.05) is 12.8 Å². The summed E-state index contributed by atoms with van der Waals surface area (Å²) in [5.41, 5.74) is 0.559. The lowest BCUT2D eigenvalue weighted by molar-refractivity contribution is 0.112. The number of aldehydes is 1. The molecule has 0 heterocycles. The van der Waals surface area contributed by atoms with Gasteiger partial charge in [0.05, 0.1) is 12.8 Å². The Kier molecular flexibility index (Phi) is 6.97. The fourth-order valence-electron chi connectivity index (χ4n) is 1.52. The average Bonchev–Trinajstić information content (AvgIpc) is 2.44. The van der Waals surface area contributed by atoms with Crippen molar-refractivity contribution in [3.05, 3.63) is 29.8 Å². The number of hydrogen-bond donors (Lipinski definition) is 0. The van der Waals surface area contributed by atoms with Gasteiger partial charge in [0.25, 0.3) is 0 Å². The summed E-state index contributed by atoms with van der Waals surface area (Å²) < 4.78 is 23.8. The molecule has 0 amide bonds. The Labute approximate surface area is 121 Å². The summed E-state index contributed by atoms with van der Waals surface area (Å²) in [7, 11) is -3.12. The van der Waals surface area contributed by atoms with Crippen LogP contribution in [0.2, 0.25) is 0 Å². The molecule has 0 fully saturated rings. The molecular formula is C15H23O4P. The first-order valence-electron chi connectivity index (χ1n) is 6.97. The van der Waals surface area contributed by atoms with E-state index in [1.165, 1.54) is 0 Å². The molecule has 1 atom stereocenters. The molecule has 0 radical (unpaired) electrons. The molecule has 0 saturated carbocycles. The second-order valence-electron chi connectivity index (χ2n) is 5.16. The molecule has 4 nitrogen and oxygen atoms in total. The van der Waals surface area contributed by atoms with Crippen LogP contribution in [-0.4, -0.2) is 19.1 Å².